The molecule has 2 heterocycles. The predicted octanol–water partition coefficient (Wildman–Crippen LogP) is 1.97. The number of rotatable bonds is 6. The molecule has 2 amide bonds. The summed E-state index contributed by atoms with van der Waals surface area (Å²) >= 11 is 0. The number of aromatic nitrogens is 1. The van der Waals surface area contributed by atoms with Crippen molar-refractivity contribution in [3.05, 3.63) is 29.7 Å². The summed E-state index contributed by atoms with van der Waals surface area (Å²) in [5.74, 6) is 0.307. The zero-order chi connectivity index (χ0) is 19.6. The maximum absolute atomic E-state index is 12.5. The number of hydrogen-bond donors (Lipinski definition) is 4. The van der Waals surface area contributed by atoms with Crippen molar-refractivity contribution in [2.24, 2.45) is 0 Å². The number of amides is 2. The van der Waals surface area contributed by atoms with Crippen molar-refractivity contribution in [2.45, 2.75) is 45.8 Å². The van der Waals surface area contributed by atoms with E-state index in [1.54, 1.807) is 6.92 Å². The second kappa shape index (κ2) is 7.79. The highest BCUT2D eigenvalue weighted by molar-refractivity contribution is 6.01. The van der Waals surface area contributed by atoms with Crippen LogP contribution in [0.1, 0.15) is 31.2 Å². The molecular weight excluding hydrogens is 348 g/mol. The van der Waals surface area contributed by atoms with Crippen molar-refractivity contribution in [3.8, 4) is 11.1 Å². The lowest BCUT2D eigenvalue weighted by Crippen LogP contribution is -2.37. The number of nitrogens with one attached hydrogen (secondary N) is 3. The van der Waals surface area contributed by atoms with Crippen LogP contribution in [0.5, 0.6) is 0 Å². The monoisotopic (exact) mass is 372 g/mol. The Morgan fingerprint density at radius 3 is 2.78 bits per heavy atom. The van der Waals surface area contributed by atoms with E-state index in [0.717, 1.165) is 16.8 Å². The molecule has 0 radical (unpaired) electrons. The van der Waals surface area contributed by atoms with Crippen LogP contribution >= 0.6 is 0 Å². The molecule has 0 aliphatic carbocycles. The molecule has 4 N–H and O–H groups in total. The Bertz CT molecular complexity index is 840. The SMILES string of the molecule is Cc1noc(C)c1-c1ccc(NCC(C)O)c(NC(=O)C2CCC(=O)N2)c1. The molecule has 144 valence electrons. The van der Waals surface area contributed by atoms with Gasteiger partial charge in [-0.25, -0.2) is 0 Å². The summed E-state index contributed by atoms with van der Waals surface area (Å²) < 4.78 is 5.24. The minimum absolute atomic E-state index is 0.118. The molecule has 1 aromatic carbocycles. The molecule has 1 aliphatic rings. The number of aliphatic hydroxyl groups excluding tert-OH is 1. The molecule has 0 spiro atoms. The van der Waals surface area contributed by atoms with Crippen molar-refractivity contribution in [1.29, 1.82) is 0 Å². The second-order valence-corrected chi connectivity index (χ2v) is 6.84. The van der Waals surface area contributed by atoms with Gasteiger partial charge in [-0.3, -0.25) is 9.59 Å². The molecule has 8 heteroatoms. The number of anilines is 2. The summed E-state index contributed by atoms with van der Waals surface area (Å²) in [6.45, 7) is 5.71. The Morgan fingerprint density at radius 1 is 1.41 bits per heavy atom. The van der Waals surface area contributed by atoms with Gasteiger partial charge in [0.1, 0.15) is 11.8 Å². The first kappa shape index (κ1) is 18.9. The quantitative estimate of drug-likeness (QED) is 0.616. The van der Waals surface area contributed by atoms with Gasteiger partial charge in [-0.05, 0) is 44.9 Å². The standard InChI is InChI=1S/C19H24N4O4/c1-10(24)9-20-14-5-4-13(18-11(2)23-27-12(18)3)8-16(14)22-19(26)15-6-7-17(25)21-15/h4-5,8,10,15,20,24H,6-7,9H2,1-3H3,(H,21,25)(H,22,26). The van der Waals surface area contributed by atoms with Crippen LogP contribution < -0.4 is 16.0 Å². The van der Waals surface area contributed by atoms with Crippen LogP contribution in [-0.2, 0) is 9.59 Å². The fourth-order valence-electron chi connectivity index (χ4n) is 3.14. The van der Waals surface area contributed by atoms with Crippen molar-refractivity contribution < 1.29 is 19.2 Å². The van der Waals surface area contributed by atoms with Crippen molar-refractivity contribution >= 4 is 23.2 Å². The molecule has 0 saturated carbocycles. The highest BCUT2D eigenvalue weighted by Gasteiger charge is 2.27. The highest BCUT2D eigenvalue weighted by Crippen LogP contribution is 2.33. The highest BCUT2D eigenvalue weighted by atomic mass is 16.5. The first-order valence-electron chi connectivity index (χ1n) is 8.94. The molecule has 1 fully saturated rings. The second-order valence-electron chi connectivity index (χ2n) is 6.84. The summed E-state index contributed by atoms with van der Waals surface area (Å²) in [6.07, 6.45) is 0.291. The number of carbonyl (C=O) groups is 2. The average Bonchev–Trinajstić information content (AvgIpc) is 3.19. The van der Waals surface area contributed by atoms with Gasteiger partial charge in [-0.15, -0.1) is 0 Å². The van der Waals surface area contributed by atoms with Gasteiger partial charge in [-0.1, -0.05) is 11.2 Å². The normalized spacial score (nSPS) is 17.5. The summed E-state index contributed by atoms with van der Waals surface area (Å²) in [7, 11) is 0. The molecule has 1 aromatic heterocycles. The van der Waals surface area contributed by atoms with E-state index in [2.05, 4.69) is 21.1 Å². The Morgan fingerprint density at radius 2 is 2.19 bits per heavy atom. The molecule has 2 atom stereocenters. The van der Waals surface area contributed by atoms with Crippen LogP contribution in [0, 0.1) is 13.8 Å². The minimum atomic E-state index is -0.537. The van der Waals surface area contributed by atoms with Gasteiger partial charge in [-0.2, -0.15) is 0 Å². The Labute approximate surface area is 157 Å². The molecule has 8 nitrogen and oxygen atoms in total. The van der Waals surface area contributed by atoms with Crippen molar-refractivity contribution in [1.82, 2.24) is 10.5 Å². The fraction of sp³-hybridized carbons (Fsp3) is 0.421. The van der Waals surface area contributed by atoms with Gasteiger partial charge in [0.05, 0.1) is 23.2 Å². The molecule has 3 rings (SSSR count). The first-order valence-corrected chi connectivity index (χ1v) is 8.94. The average molecular weight is 372 g/mol. The molecule has 0 bridgehead atoms. The Balaban J connectivity index is 1.90. The van der Waals surface area contributed by atoms with Crippen molar-refractivity contribution in [3.63, 3.8) is 0 Å². The van der Waals surface area contributed by atoms with Crippen LogP contribution in [-0.4, -0.2) is 40.8 Å². The van der Waals surface area contributed by atoms with E-state index in [-0.39, 0.29) is 11.8 Å². The maximum Gasteiger partial charge on any atom is 0.247 e. The van der Waals surface area contributed by atoms with Gasteiger partial charge >= 0.3 is 0 Å². The maximum atomic E-state index is 12.5. The number of carbonyl (C=O) groups excluding carboxylic acids is 2. The lowest BCUT2D eigenvalue weighted by atomic mass is 10.0. The van der Waals surface area contributed by atoms with Gasteiger partial charge in [0.15, 0.2) is 0 Å². The Hall–Kier alpha value is -2.87. The third-order valence-electron chi connectivity index (χ3n) is 4.50. The van der Waals surface area contributed by atoms with E-state index in [9.17, 15) is 14.7 Å². The Kier molecular flexibility index (Phi) is 5.46. The molecule has 27 heavy (non-hydrogen) atoms. The lowest BCUT2D eigenvalue weighted by molar-refractivity contribution is -0.122. The van der Waals surface area contributed by atoms with Crippen LogP contribution in [0.4, 0.5) is 11.4 Å². The fourth-order valence-corrected chi connectivity index (χ4v) is 3.14. The van der Waals surface area contributed by atoms with E-state index in [1.165, 1.54) is 0 Å². The molecule has 1 aliphatic heterocycles. The van der Waals surface area contributed by atoms with Gasteiger partial charge in [0.2, 0.25) is 11.8 Å². The number of benzene rings is 1. The molecule has 1 saturated heterocycles. The van der Waals surface area contributed by atoms with E-state index in [4.69, 9.17) is 4.52 Å². The summed E-state index contributed by atoms with van der Waals surface area (Å²) in [5.41, 5.74) is 3.75. The predicted molar refractivity (Wildman–Crippen MR) is 101 cm³/mol. The zero-order valence-electron chi connectivity index (χ0n) is 15.6. The van der Waals surface area contributed by atoms with Gasteiger partial charge in [0.25, 0.3) is 0 Å². The topological polar surface area (TPSA) is 116 Å². The largest absolute Gasteiger partial charge is 0.392 e. The number of nitrogens with zero attached hydrogens (tertiary/aromatic N) is 1. The molecule has 2 unspecified atom stereocenters. The molecular formula is C19H24N4O4. The summed E-state index contributed by atoms with van der Waals surface area (Å²) in [6, 6.07) is 5.05. The number of aliphatic hydroxyl groups is 1. The van der Waals surface area contributed by atoms with E-state index >= 15 is 0 Å². The smallest absolute Gasteiger partial charge is 0.247 e. The van der Waals surface area contributed by atoms with Crippen LogP contribution in [0.25, 0.3) is 11.1 Å². The van der Waals surface area contributed by atoms with Gasteiger partial charge < -0.3 is 25.6 Å². The van der Waals surface area contributed by atoms with Crippen LogP contribution in [0.15, 0.2) is 22.7 Å². The van der Waals surface area contributed by atoms with Crippen molar-refractivity contribution in [2.75, 3.05) is 17.2 Å². The van der Waals surface area contributed by atoms with E-state index < -0.39 is 12.1 Å². The van der Waals surface area contributed by atoms with Gasteiger partial charge in [0, 0.05) is 18.5 Å². The summed E-state index contributed by atoms with van der Waals surface area (Å²) in [5, 5.41) is 22.2. The molecule has 2 aromatic rings. The first-order chi connectivity index (χ1) is 12.8. The number of aryl methyl sites for hydroxylation is 2. The summed E-state index contributed by atoms with van der Waals surface area (Å²) in [4.78, 5) is 23.9. The van der Waals surface area contributed by atoms with Crippen LogP contribution in [0.2, 0.25) is 0 Å². The van der Waals surface area contributed by atoms with E-state index in [0.29, 0.717) is 36.5 Å². The third-order valence-corrected chi connectivity index (χ3v) is 4.50. The number of hydrogen-bond acceptors (Lipinski definition) is 6. The van der Waals surface area contributed by atoms with Crippen LogP contribution in [0.3, 0.4) is 0 Å². The van der Waals surface area contributed by atoms with E-state index in [1.807, 2.05) is 32.0 Å². The lowest BCUT2D eigenvalue weighted by Gasteiger charge is -2.17. The minimum Gasteiger partial charge on any atom is -0.392 e. The zero-order valence-corrected chi connectivity index (χ0v) is 15.6. The third kappa shape index (κ3) is 4.28.